The van der Waals surface area contributed by atoms with Crippen LogP contribution < -0.4 is 0 Å². The van der Waals surface area contributed by atoms with Crippen molar-refractivity contribution in [2.24, 2.45) is 0 Å². The first kappa shape index (κ1) is 11.5. The Balaban J connectivity index is 2.11. The van der Waals surface area contributed by atoms with Crippen molar-refractivity contribution in [3.63, 3.8) is 0 Å². The maximum atomic E-state index is 5.24. The van der Waals surface area contributed by atoms with Crippen LogP contribution in [0.25, 0.3) is 0 Å². The van der Waals surface area contributed by atoms with Crippen molar-refractivity contribution in [1.82, 2.24) is 10.2 Å². The van der Waals surface area contributed by atoms with E-state index < -0.39 is 0 Å². The molecule has 0 aliphatic heterocycles. The summed E-state index contributed by atoms with van der Waals surface area (Å²) in [6, 6.07) is 8.25. The molecule has 0 saturated heterocycles. The van der Waals surface area contributed by atoms with Crippen molar-refractivity contribution in [3.8, 4) is 0 Å². The van der Waals surface area contributed by atoms with Crippen LogP contribution in [0.2, 0.25) is 0 Å². The summed E-state index contributed by atoms with van der Waals surface area (Å²) in [5.74, 6) is 1.01. The number of nitrogens with zero attached hydrogens (tertiary/aromatic N) is 1. The van der Waals surface area contributed by atoms with Gasteiger partial charge in [-0.15, -0.1) is 5.10 Å². The topological polar surface area (TPSA) is 41.8 Å². The van der Waals surface area contributed by atoms with Gasteiger partial charge in [-0.05, 0) is 35.8 Å². The molecule has 0 spiro atoms. The minimum atomic E-state index is 0.331. The van der Waals surface area contributed by atoms with E-state index in [0.29, 0.717) is 16.6 Å². The fraction of sp³-hybridized carbons (Fsp3) is 0.273. The van der Waals surface area contributed by atoms with E-state index in [1.165, 1.54) is 5.56 Å². The van der Waals surface area contributed by atoms with Gasteiger partial charge in [0.15, 0.2) is 0 Å². The van der Waals surface area contributed by atoms with Gasteiger partial charge in [0.25, 0.3) is 4.84 Å². The fourth-order valence-corrected chi connectivity index (χ4v) is 1.93. The fourth-order valence-electron chi connectivity index (χ4n) is 1.52. The number of H-pyrrole nitrogens is 1. The molecule has 1 aromatic carbocycles. The van der Waals surface area contributed by atoms with Gasteiger partial charge in [-0.3, -0.25) is 0 Å². The van der Waals surface area contributed by atoms with Gasteiger partial charge < -0.3 is 4.42 Å². The zero-order valence-corrected chi connectivity index (χ0v) is 11.1. The normalized spacial score (nSPS) is 12.6. The summed E-state index contributed by atoms with van der Waals surface area (Å²) in [5.41, 5.74) is 1.26. The summed E-state index contributed by atoms with van der Waals surface area (Å²) in [6.45, 7) is 2.14. The number of aromatic amines is 1. The molecule has 0 saturated carbocycles. The summed E-state index contributed by atoms with van der Waals surface area (Å²) in [6.07, 6.45) is 0.745. The third kappa shape index (κ3) is 2.80. The second-order valence-electron chi connectivity index (χ2n) is 3.66. The van der Waals surface area contributed by atoms with E-state index in [2.05, 4.69) is 45.2 Å². The van der Waals surface area contributed by atoms with Crippen molar-refractivity contribution in [2.45, 2.75) is 19.3 Å². The monoisotopic (exact) mass is 298 g/mol. The highest BCUT2D eigenvalue weighted by Crippen LogP contribution is 2.21. The van der Waals surface area contributed by atoms with Crippen molar-refractivity contribution in [1.29, 1.82) is 0 Å². The Morgan fingerprint density at radius 3 is 2.69 bits per heavy atom. The van der Waals surface area contributed by atoms with Crippen molar-refractivity contribution in [3.05, 3.63) is 45.0 Å². The summed E-state index contributed by atoms with van der Waals surface area (Å²) in [4.78, 5) is 0.331. The number of benzene rings is 1. The highest BCUT2D eigenvalue weighted by Gasteiger charge is 2.10. The summed E-state index contributed by atoms with van der Waals surface area (Å²) in [5, 5.41) is 6.62. The van der Waals surface area contributed by atoms with Crippen molar-refractivity contribution < 1.29 is 4.42 Å². The maximum absolute atomic E-state index is 5.24. The van der Waals surface area contributed by atoms with Crippen LogP contribution in [0.5, 0.6) is 0 Å². The molecule has 0 radical (unpaired) electrons. The van der Waals surface area contributed by atoms with Crippen LogP contribution in [0.3, 0.4) is 0 Å². The molecular weight excluding hydrogens is 288 g/mol. The molecule has 1 N–H and O–H groups in total. The van der Waals surface area contributed by atoms with Gasteiger partial charge in [-0.25, -0.2) is 5.10 Å². The number of hydrogen-bond donors (Lipinski definition) is 1. The highest BCUT2D eigenvalue weighted by atomic mass is 79.9. The summed E-state index contributed by atoms with van der Waals surface area (Å²) >= 11 is 8.24. The number of hydrogen-bond acceptors (Lipinski definition) is 3. The average Bonchev–Trinajstić information content (AvgIpc) is 2.65. The first-order valence-corrected chi connectivity index (χ1v) is 6.15. The van der Waals surface area contributed by atoms with Gasteiger partial charge in [-0.1, -0.05) is 35.0 Å². The lowest BCUT2D eigenvalue weighted by Crippen LogP contribution is -1.98. The van der Waals surface area contributed by atoms with Crippen LogP contribution in [0, 0.1) is 4.84 Å². The lowest BCUT2D eigenvalue weighted by Gasteiger charge is -2.08. The molecule has 0 aliphatic carbocycles. The molecule has 0 amide bonds. The molecule has 1 unspecified atom stereocenters. The molecule has 0 bridgehead atoms. The van der Waals surface area contributed by atoms with Crippen molar-refractivity contribution in [2.75, 3.05) is 0 Å². The number of nitrogens with one attached hydrogen (secondary N) is 1. The van der Waals surface area contributed by atoms with Gasteiger partial charge in [0.2, 0.25) is 5.89 Å². The first-order valence-electron chi connectivity index (χ1n) is 4.95. The SMILES string of the molecule is CC(Cc1n[nH]c(=S)o1)c1ccc(Br)cc1. The van der Waals surface area contributed by atoms with Crippen LogP contribution in [0.4, 0.5) is 0 Å². The third-order valence-electron chi connectivity index (χ3n) is 2.40. The lowest BCUT2D eigenvalue weighted by atomic mass is 9.98. The van der Waals surface area contributed by atoms with Crippen LogP contribution in [-0.2, 0) is 6.42 Å². The molecule has 3 nitrogen and oxygen atoms in total. The first-order chi connectivity index (χ1) is 7.65. The Kier molecular flexibility index (Phi) is 3.56. The van der Waals surface area contributed by atoms with Crippen LogP contribution >= 0.6 is 28.1 Å². The Labute approximate surface area is 107 Å². The zero-order chi connectivity index (χ0) is 11.5. The quantitative estimate of drug-likeness (QED) is 0.876. The molecule has 1 heterocycles. The largest absolute Gasteiger partial charge is 0.414 e. The van der Waals surface area contributed by atoms with Gasteiger partial charge in [-0.2, -0.15) is 0 Å². The number of aromatic nitrogens is 2. The molecule has 0 fully saturated rings. The van der Waals surface area contributed by atoms with E-state index in [4.69, 9.17) is 16.6 Å². The molecule has 84 valence electrons. The van der Waals surface area contributed by atoms with E-state index in [-0.39, 0.29) is 0 Å². The predicted molar refractivity (Wildman–Crippen MR) is 67.9 cm³/mol. The minimum Gasteiger partial charge on any atom is -0.414 e. The molecule has 2 aromatic rings. The summed E-state index contributed by atoms with van der Waals surface area (Å²) in [7, 11) is 0. The van der Waals surface area contributed by atoms with E-state index in [1.54, 1.807) is 0 Å². The molecular formula is C11H11BrN2OS. The molecule has 1 atom stereocenters. The standard InChI is InChI=1S/C11H11BrN2OS/c1-7(6-10-13-14-11(16)15-10)8-2-4-9(12)5-3-8/h2-5,7H,6H2,1H3,(H,14,16). The van der Waals surface area contributed by atoms with E-state index in [9.17, 15) is 0 Å². The Hall–Kier alpha value is -0.940. The van der Waals surface area contributed by atoms with Gasteiger partial charge in [0, 0.05) is 10.9 Å². The molecule has 5 heteroatoms. The van der Waals surface area contributed by atoms with Gasteiger partial charge in [0.05, 0.1) is 0 Å². The number of rotatable bonds is 3. The Bertz CT molecular complexity index is 517. The number of halogens is 1. The predicted octanol–water partition coefficient (Wildman–Crippen LogP) is 3.84. The Morgan fingerprint density at radius 1 is 1.44 bits per heavy atom. The molecule has 1 aromatic heterocycles. The van der Waals surface area contributed by atoms with Crippen LogP contribution in [-0.4, -0.2) is 10.2 Å². The van der Waals surface area contributed by atoms with E-state index >= 15 is 0 Å². The molecule has 0 aliphatic rings. The zero-order valence-electron chi connectivity index (χ0n) is 8.74. The molecule has 2 rings (SSSR count). The smallest absolute Gasteiger partial charge is 0.284 e. The minimum absolute atomic E-state index is 0.331. The van der Waals surface area contributed by atoms with E-state index in [1.807, 2.05) is 12.1 Å². The highest BCUT2D eigenvalue weighted by molar-refractivity contribution is 9.10. The van der Waals surface area contributed by atoms with Crippen LogP contribution in [0.15, 0.2) is 33.2 Å². The third-order valence-corrected chi connectivity index (χ3v) is 3.11. The van der Waals surface area contributed by atoms with E-state index in [0.717, 1.165) is 10.9 Å². The molecule has 16 heavy (non-hydrogen) atoms. The van der Waals surface area contributed by atoms with Crippen LogP contribution in [0.1, 0.15) is 24.3 Å². The Morgan fingerprint density at radius 2 is 2.12 bits per heavy atom. The van der Waals surface area contributed by atoms with Gasteiger partial charge in [0.1, 0.15) is 0 Å². The lowest BCUT2D eigenvalue weighted by molar-refractivity contribution is 0.466. The average molecular weight is 299 g/mol. The van der Waals surface area contributed by atoms with Gasteiger partial charge >= 0.3 is 0 Å². The van der Waals surface area contributed by atoms with Crippen molar-refractivity contribution >= 4 is 28.1 Å². The summed E-state index contributed by atoms with van der Waals surface area (Å²) < 4.78 is 6.32. The second kappa shape index (κ2) is 4.93. The second-order valence-corrected chi connectivity index (χ2v) is 4.95. The maximum Gasteiger partial charge on any atom is 0.284 e.